The molecule has 1 atom stereocenters. The van der Waals surface area contributed by atoms with Crippen molar-refractivity contribution >= 4 is 28.5 Å². The van der Waals surface area contributed by atoms with Gasteiger partial charge in [0.2, 0.25) is 0 Å². The molecule has 2 aromatic rings. The molecule has 1 aliphatic heterocycles. The average molecular weight is 324 g/mol. The van der Waals surface area contributed by atoms with Crippen molar-refractivity contribution in [2.45, 2.75) is 26.2 Å². The minimum Gasteiger partial charge on any atom is -0.481 e. The lowest BCUT2D eigenvalue weighted by atomic mass is 9.90. The quantitative estimate of drug-likeness (QED) is 0.891. The fraction of sp³-hybridized carbons (Fsp3) is 0.368. The maximum atomic E-state index is 12.6. The predicted octanol–water partition coefficient (Wildman–Crippen LogP) is 3.27. The lowest BCUT2D eigenvalue weighted by molar-refractivity contribution is -0.146. The molecule has 4 rings (SSSR count). The number of carboxylic acid groups (broad SMARTS) is 1. The fourth-order valence-corrected chi connectivity index (χ4v) is 3.86. The van der Waals surface area contributed by atoms with Crippen LogP contribution in [0.5, 0.6) is 0 Å². The third kappa shape index (κ3) is 2.23. The number of carboxylic acids is 1. The number of likely N-dealkylation sites (tertiary alicyclic amines) is 1. The standard InChI is InChI=1S/C19H20N2O3/c1-19(17(22)23)9-10-21(11-19)18(24)20-15-8-7-13-6-5-12-3-2-4-14(15)16(12)13/h2-4,7-8H,5-6,9-11H2,1H3,(H,20,24)(H,22,23). The first-order valence-electron chi connectivity index (χ1n) is 8.31. The van der Waals surface area contributed by atoms with Crippen LogP contribution in [0.15, 0.2) is 30.3 Å². The highest BCUT2D eigenvalue weighted by Crippen LogP contribution is 2.36. The number of nitrogens with zero attached hydrogens (tertiary/aromatic N) is 1. The van der Waals surface area contributed by atoms with Crippen LogP contribution in [-0.2, 0) is 17.6 Å². The molecule has 5 heteroatoms. The molecule has 1 fully saturated rings. The number of benzene rings is 2. The number of aliphatic carboxylic acids is 1. The van der Waals surface area contributed by atoms with Gasteiger partial charge in [0.25, 0.3) is 0 Å². The molecule has 24 heavy (non-hydrogen) atoms. The molecule has 2 N–H and O–H groups in total. The Balaban J connectivity index is 1.60. The lowest BCUT2D eigenvalue weighted by Crippen LogP contribution is -2.37. The van der Waals surface area contributed by atoms with Gasteiger partial charge >= 0.3 is 12.0 Å². The largest absolute Gasteiger partial charge is 0.481 e. The van der Waals surface area contributed by atoms with Crippen molar-refractivity contribution in [3.8, 4) is 0 Å². The molecule has 0 spiro atoms. The summed E-state index contributed by atoms with van der Waals surface area (Å²) in [5, 5.41) is 14.6. The van der Waals surface area contributed by atoms with E-state index in [2.05, 4.69) is 17.4 Å². The summed E-state index contributed by atoms with van der Waals surface area (Å²) >= 11 is 0. The van der Waals surface area contributed by atoms with Crippen molar-refractivity contribution < 1.29 is 14.7 Å². The SMILES string of the molecule is CC1(C(=O)O)CCN(C(=O)Nc2ccc3c4c(cccc24)CC3)C1. The van der Waals surface area contributed by atoms with Crippen molar-refractivity contribution in [3.05, 3.63) is 41.5 Å². The van der Waals surface area contributed by atoms with Crippen molar-refractivity contribution in [2.75, 3.05) is 18.4 Å². The number of amides is 2. The number of anilines is 1. The first kappa shape index (κ1) is 15.0. The second kappa shape index (κ2) is 5.23. The average Bonchev–Trinajstić information content (AvgIpc) is 3.16. The summed E-state index contributed by atoms with van der Waals surface area (Å²) < 4.78 is 0. The smallest absolute Gasteiger partial charge is 0.321 e. The Morgan fingerprint density at radius 3 is 2.62 bits per heavy atom. The highest BCUT2D eigenvalue weighted by Gasteiger charge is 2.42. The second-order valence-electron chi connectivity index (χ2n) is 7.08. The van der Waals surface area contributed by atoms with E-state index in [1.165, 1.54) is 16.5 Å². The number of carbonyl (C=O) groups excluding carboxylic acids is 1. The van der Waals surface area contributed by atoms with Gasteiger partial charge in [-0.25, -0.2) is 4.79 Å². The van der Waals surface area contributed by atoms with E-state index in [0.29, 0.717) is 13.0 Å². The van der Waals surface area contributed by atoms with Crippen LogP contribution in [-0.4, -0.2) is 35.1 Å². The number of urea groups is 1. The highest BCUT2D eigenvalue weighted by molar-refractivity contribution is 6.04. The molecular weight excluding hydrogens is 304 g/mol. The summed E-state index contributed by atoms with van der Waals surface area (Å²) in [6.45, 7) is 2.41. The Labute approximate surface area is 140 Å². The number of hydrogen-bond acceptors (Lipinski definition) is 2. The molecule has 1 saturated heterocycles. The van der Waals surface area contributed by atoms with Gasteiger partial charge in [0.1, 0.15) is 0 Å². The molecule has 5 nitrogen and oxygen atoms in total. The number of rotatable bonds is 2. The maximum Gasteiger partial charge on any atom is 0.321 e. The van der Waals surface area contributed by atoms with E-state index in [4.69, 9.17) is 0 Å². The van der Waals surface area contributed by atoms with Gasteiger partial charge in [0.15, 0.2) is 0 Å². The van der Waals surface area contributed by atoms with Crippen LogP contribution in [0, 0.1) is 5.41 Å². The van der Waals surface area contributed by atoms with Crippen molar-refractivity contribution in [1.29, 1.82) is 0 Å². The Bertz CT molecular complexity index is 851. The maximum absolute atomic E-state index is 12.6. The van der Waals surface area contributed by atoms with Crippen LogP contribution in [0.3, 0.4) is 0 Å². The number of aryl methyl sites for hydroxylation is 2. The van der Waals surface area contributed by atoms with Gasteiger partial charge in [-0.05, 0) is 48.8 Å². The molecular formula is C19H20N2O3. The molecule has 1 unspecified atom stereocenters. The summed E-state index contributed by atoms with van der Waals surface area (Å²) in [5.41, 5.74) is 2.61. The molecule has 124 valence electrons. The Morgan fingerprint density at radius 1 is 1.17 bits per heavy atom. The van der Waals surface area contributed by atoms with E-state index in [-0.39, 0.29) is 12.6 Å². The van der Waals surface area contributed by atoms with Gasteiger partial charge in [0, 0.05) is 18.5 Å². The zero-order valence-corrected chi connectivity index (χ0v) is 13.6. The minimum absolute atomic E-state index is 0.223. The van der Waals surface area contributed by atoms with Crippen LogP contribution >= 0.6 is 0 Å². The summed E-state index contributed by atoms with van der Waals surface area (Å²) in [4.78, 5) is 25.5. The Morgan fingerprint density at radius 2 is 1.92 bits per heavy atom. The van der Waals surface area contributed by atoms with Crippen LogP contribution in [0.4, 0.5) is 10.5 Å². The summed E-state index contributed by atoms with van der Waals surface area (Å²) in [6, 6.07) is 10.0. The van der Waals surface area contributed by atoms with Gasteiger partial charge in [0.05, 0.1) is 11.1 Å². The summed E-state index contributed by atoms with van der Waals surface area (Å²) in [6.07, 6.45) is 2.58. The number of hydrogen-bond donors (Lipinski definition) is 2. The van der Waals surface area contributed by atoms with Crippen molar-refractivity contribution in [3.63, 3.8) is 0 Å². The summed E-state index contributed by atoms with van der Waals surface area (Å²) in [7, 11) is 0. The molecule has 2 aliphatic rings. The Hall–Kier alpha value is -2.56. The van der Waals surface area contributed by atoms with Crippen LogP contribution in [0.1, 0.15) is 24.5 Å². The normalized spacial score (nSPS) is 22.1. The lowest BCUT2D eigenvalue weighted by Gasteiger charge is -2.21. The first-order valence-corrected chi connectivity index (χ1v) is 8.31. The van der Waals surface area contributed by atoms with E-state index in [0.717, 1.165) is 23.9 Å². The molecule has 0 bridgehead atoms. The van der Waals surface area contributed by atoms with Gasteiger partial charge in [-0.3, -0.25) is 4.79 Å². The van der Waals surface area contributed by atoms with Crippen molar-refractivity contribution in [1.82, 2.24) is 4.90 Å². The van der Waals surface area contributed by atoms with Gasteiger partial charge in [-0.1, -0.05) is 24.3 Å². The van der Waals surface area contributed by atoms with Crippen molar-refractivity contribution in [2.24, 2.45) is 5.41 Å². The molecule has 1 aliphatic carbocycles. The zero-order chi connectivity index (χ0) is 16.9. The molecule has 2 amide bonds. The van der Waals surface area contributed by atoms with Crippen LogP contribution in [0.2, 0.25) is 0 Å². The van der Waals surface area contributed by atoms with Crippen LogP contribution in [0.25, 0.3) is 10.8 Å². The van der Waals surface area contributed by atoms with E-state index < -0.39 is 11.4 Å². The van der Waals surface area contributed by atoms with E-state index in [9.17, 15) is 14.7 Å². The number of nitrogens with one attached hydrogen (secondary N) is 1. The third-order valence-electron chi connectivity index (χ3n) is 5.40. The molecule has 0 radical (unpaired) electrons. The highest BCUT2D eigenvalue weighted by atomic mass is 16.4. The monoisotopic (exact) mass is 324 g/mol. The Kier molecular flexibility index (Phi) is 3.27. The molecule has 0 aromatic heterocycles. The van der Waals surface area contributed by atoms with Gasteiger partial charge in [-0.15, -0.1) is 0 Å². The topological polar surface area (TPSA) is 69.6 Å². The molecule has 1 heterocycles. The molecule has 0 saturated carbocycles. The molecule has 2 aromatic carbocycles. The van der Waals surface area contributed by atoms with E-state index in [1.807, 2.05) is 18.2 Å². The first-order chi connectivity index (χ1) is 11.5. The van der Waals surface area contributed by atoms with E-state index in [1.54, 1.807) is 11.8 Å². The number of carbonyl (C=O) groups is 2. The second-order valence-corrected chi connectivity index (χ2v) is 7.08. The third-order valence-corrected chi connectivity index (χ3v) is 5.40. The predicted molar refractivity (Wildman–Crippen MR) is 92.3 cm³/mol. The van der Waals surface area contributed by atoms with Gasteiger partial charge < -0.3 is 15.3 Å². The summed E-state index contributed by atoms with van der Waals surface area (Å²) in [5.74, 6) is -0.844. The van der Waals surface area contributed by atoms with E-state index >= 15 is 0 Å². The van der Waals surface area contributed by atoms with Gasteiger partial charge in [-0.2, -0.15) is 0 Å². The zero-order valence-electron chi connectivity index (χ0n) is 13.6. The van der Waals surface area contributed by atoms with Crippen LogP contribution < -0.4 is 5.32 Å². The minimum atomic E-state index is -0.848. The fourth-order valence-electron chi connectivity index (χ4n) is 3.86.